The average Bonchev–Trinajstić information content (AvgIpc) is 2.41. The van der Waals surface area contributed by atoms with Crippen LogP contribution in [0.1, 0.15) is 24.8 Å². The monoisotopic (exact) mass is 321 g/mol. The van der Waals surface area contributed by atoms with E-state index in [9.17, 15) is 0 Å². The molecule has 4 heteroatoms. The fourth-order valence-corrected chi connectivity index (χ4v) is 2.88. The molecule has 1 fully saturated rings. The van der Waals surface area contributed by atoms with Crippen molar-refractivity contribution in [1.29, 1.82) is 5.26 Å². The van der Waals surface area contributed by atoms with Gasteiger partial charge in [0.1, 0.15) is 6.07 Å². The molecule has 1 N–H and O–H groups in total. The van der Waals surface area contributed by atoms with E-state index in [0.29, 0.717) is 5.56 Å². The highest BCUT2D eigenvalue weighted by molar-refractivity contribution is 9.10. The number of anilines is 1. The Morgan fingerprint density at radius 2 is 2.16 bits per heavy atom. The minimum atomic E-state index is 0.714. The highest BCUT2D eigenvalue weighted by Crippen LogP contribution is 2.23. The summed E-state index contributed by atoms with van der Waals surface area (Å²) in [7, 11) is 2.19. The topological polar surface area (TPSA) is 39.1 Å². The molecule has 0 amide bonds. The number of halogens is 1. The summed E-state index contributed by atoms with van der Waals surface area (Å²) in [6, 6.07) is 7.96. The predicted octanol–water partition coefficient (Wildman–Crippen LogP) is 3.46. The molecule has 0 aliphatic carbocycles. The Morgan fingerprint density at radius 3 is 2.84 bits per heavy atom. The lowest BCUT2D eigenvalue weighted by atomic mass is 9.94. The van der Waals surface area contributed by atoms with Crippen LogP contribution in [0.4, 0.5) is 5.69 Å². The molecule has 0 bridgehead atoms. The first kappa shape index (κ1) is 14.4. The summed E-state index contributed by atoms with van der Waals surface area (Å²) < 4.78 is 1.01. The fourth-order valence-electron chi connectivity index (χ4n) is 2.52. The Hall–Kier alpha value is -1.05. The maximum absolute atomic E-state index is 9.08. The van der Waals surface area contributed by atoms with E-state index in [1.54, 1.807) is 0 Å². The molecule has 0 atom stereocenters. The molecular weight excluding hydrogens is 302 g/mol. The lowest BCUT2D eigenvalue weighted by Gasteiger charge is -2.29. The molecule has 102 valence electrons. The summed E-state index contributed by atoms with van der Waals surface area (Å²) >= 11 is 3.45. The second-order valence-electron chi connectivity index (χ2n) is 5.26. The maximum atomic E-state index is 9.08. The van der Waals surface area contributed by atoms with E-state index in [2.05, 4.69) is 39.3 Å². The Labute approximate surface area is 123 Å². The standard InChI is InChI=1S/C15H20BrN3/c1-19-8-5-12(6-9-19)4-7-18-15-10-14(16)3-2-13(15)11-17/h2-3,10,12,18H,4-9H2,1H3. The third-order valence-corrected chi connectivity index (χ3v) is 4.30. The molecule has 0 saturated carbocycles. The van der Waals surface area contributed by atoms with Gasteiger partial charge in [0.2, 0.25) is 0 Å². The van der Waals surface area contributed by atoms with Gasteiger partial charge in [-0.05, 0) is 63.5 Å². The van der Waals surface area contributed by atoms with Crippen molar-refractivity contribution in [3.63, 3.8) is 0 Å². The van der Waals surface area contributed by atoms with E-state index in [1.165, 1.54) is 32.4 Å². The van der Waals surface area contributed by atoms with Gasteiger partial charge < -0.3 is 10.2 Å². The number of rotatable bonds is 4. The molecule has 2 rings (SSSR count). The summed E-state index contributed by atoms with van der Waals surface area (Å²) in [5, 5.41) is 12.5. The van der Waals surface area contributed by atoms with Crippen LogP contribution in [0.3, 0.4) is 0 Å². The van der Waals surface area contributed by atoms with Gasteiger partial charge in [0.15, 0.2) is 0 Å². The first-order valence-electron chi connectivity index (χ1n) is 6.81. The van der Waals surface area contributed by atoms with Crippen LogP contribution in [0, 0.1) is 17.2 Å². The summed E-state index contributed by atoms with van der Waals surface area (Å²) in [4.78, 5) is 2.39. The SMILES string of the molecule is CN1CCC(CCNc2cc(Br)ccc2C#N)CC1. The van der Waals surface area contributed by atoms with Gasteiger partial charge in [-0.1, -0.05) is 15.9 Å². The van der Waals surface area contributed by atoms with Crippen molar-refractivity contribution in [3.8, 4) is 6.07 Å². The number of piperidine rings is 1. The molecule has 1 aromatic rings. The molecule has 19 heavy (non-hydrogen) atoms. The van der Waals surface area contributed by atoms with Crippen LogP contribution in [0.25, 0.3) is 0 Å². The smallest absolute Gasteiger partial charge is 0.101 e. The summed E-state index contributed by atoms with van der Waals surface area (Å²) in [5.74, 6) is 0.821. The van der Waals surface area contributed by atoms with Gasteiger partial charge >= 0.3 is 0 Å². The summed E-state index contributed by atoms with van der Waals surface area (Å²) in [6.07, 6.45) is 3.77. The number of nitrogens with zero attached hydrogens (tertiary/aromatic N) is 2. The maximum Gasteiger partial charge on any atom is 0.101 e. The van der Waals surface area contributed by atoms with Crippen LogP contribution in [0.5, 0.6) is 0 Å². The van der Waals surface area contributed by atoms with E-state index in [4.69, 9.17) is 5.26 Å². The van der Waals surface area contributed by atoms with E-state index in [-0.39, 0.29) is 0 Å². The largest absolute Gasteiger partial charge is 0.384 e. The van der Waals surface area contributed by atoms with Crippen LogP contribution in [0.2, 0.25) is 0 Å². The molecular formula is C15H20BrN3. The number of nitriles is 1. The molecule has 0 aromatic heterocycles. The highest BCUT2D eigenvalue weighted by atomic mass is 79.9. The predicted molar refractivity (Wildman–Crippen MR) is 82.2 cm³/mol. The van der Waals surface area contributed by atoms with Crippen LogP contribution >= 0.6 is 15.9 Å². The first-order chi connectivity index (χ1) is 9.19. The second-order valence-corrected chi connectivity index (χ2v) is 6.18. The van der Waals surface area contributed by atoms with Gasteiger partial charge in [-0.2, -0.15) is 5.26 Å². The van der Waals surface area contributed by atoms with Gasteiger partial charge in [-0.25, -0.2) is 0 Å². The average molecular weight is 322 g/mol. The molecule has 3 nitrogen and oxygen atoms in total. The molecule has 0 spiro atoms. The zero-order chi connectivity index (χ0) is 13.7. The van der Waals surface area contributed by atoms with Crippen LogP contribution in [-0.2, 0) is 0 Å². The molecule has 1 heterocycles. The van der Waals surface area contributed by atoms with Gasteiger partial charge in [0.05, 0.1) is 11.3 Å². The second kappa shape index (κ2) is 6.93. The molecule has 1 aromatic carbocycles. The number of likely N-dealkylation sites (tertiary alicyclic amines) is 1. The van der Waals surface area contributed by atoms with E-state index >= 15 is 0 Å². The third kappa shape index (κ3) is 4.22. The molecule has 1 aliphatic rings. The van der Waals surface area contributed by atoms with Crippen molar-refractivity contribution >= 4 is 21.6 Å². The minimum Gasteiger partial charge on any atom is -0.384 e. The van der Waals surface area contributed by atoms with Crippen molar-refractivity contribution in [2.75, 3.05) is 32.0 Å². The fraction of sp³-hybridized carbons (Fsp3) is 0.533. The first-order valence-corrected chi connectivity index (χ1v) is 7.60. The van der Waals surface area contributed by atoms with Gasteiger partial charge in [-0.15, -0.1) is 0 Å². The number of hydrogen-bond donors (Lipinski definition) is 1. The molecule has 0 radical (unpaired) electrons. The molecule has 1 saturated heterocycles. The Kier molecular flexibility index (Phi) is 5.24. The highest BCUT2D eigenvalue weighted by Gasteiger charge is 2.16. The van der Waals surface area contributed by atoms with Gasteiger partial charge in [-0.3, -0.25) is 0 Å². The van der Waals surface area contributed by atoms with Crippen molar-refractivity contribution in [1.82, 2.24) is 4.90 Å². The lowest BCUT2D eigenvalue weighted by molar-refractivity contribution is 0.215. The molecule has 1 aliphatic heterocycles. The van der Waals surface area contributed by atoms with Crippen molar-refractivity contribution < 1.29 is 0 Å². The van der Waals surface area contributed by atoms with E-state index in [0.717, 1.165) is 22.6 Å². The van der Waals surface area contributed by atoms with Crippen LogP contribution in [-0.4, -0.2) is 31.6 Å². The minimum absolute atomic E-state index is 0.714. The third-order valence-electron chi connectivity index (χ3n) is 3.81. The zero-order valence-electron chi connectivity index (χ0n) is 11.3. The normalized spacial score (nSPS) is 17.1. The summed E-state index contributed by atoms with van der Waals surface area (Å²) in [5.41, 5.74) is 1.65. The van der Waals surface area contributed by atoms with Crippen molar-refractivity contribution in [2.45, 2.75) is 19.3 Å². The Morgan fingerprint density at radius 1 is 1.42 bits per heavy atom. The van der Waals surface area contributed by atoms with E-state index in [1.807, 2.05) is 18.2 Å². The van der Waals surface area contributed by atoms with Crippen molar-refractivity contribution in [3.05, 3.63) is 28.2 Å². The van der Waals surface area contributed by atoms with Crippen LogP contribution < -0.4 is 5.32 Å². The van der Waals surface area contributed by atoms with Crippen LogP contribution in [0.15, 0.2) is 22.7 Å². The van der Waals surface area contributed by atoms with Gasteiger partial charge in [0, 0.05) is 11.0 Å². The van der Waals surface area contributed by atoms with E-state index < -0.39 is 0 Å². The van der Waals surface area contributed by atoms with Crippen molar-refractivity contribution in [2.24, 2.45) is 5.92 Å². The summed E-state index contributed by atoms with van der Waals surface area (Å²) in [6.45, 7) is 3.37. The van der Waals surface area contributed by atoms with Gasteiger partial charge in [0.25, 0.3) is 0 Å². The lowest BCUT2D eigenvalue weighted by Crippen LogP contribution is -2.30. The number of nitrogens with one attached hydrogen (secondary N) is 1. The number of benzene rings is 1. The quantitative estimate of drug-likeness (QED) is 0.923. The zero-order valence-corrected chi connectivity index (χ0v) is 12.9. The molecule has 0 unspecified atom stereocenters. The Bertz CT molecular complexity index is 459. The Balaban J connectivity index is 1.83. The number of hydrogen-bond acceptors (Lipinski definition) is 3.